The molecule has 3 unspecified atom stereocenters. The molecule has 1 amide bonds. The molecule has 2 aliphatic rings. The summed E-state index contributed by atoms with van der Waals surface area (Å²) in [4.78, 5) is 27.6. The van der Waals surface area contributed by atoms with E-state index in [1.807, 2.05) is 18.3 Å². The predicted molar refractivity (Wildman–Crippen MR) is 159 cm³/mol. The summed E-state index contributed by atoms with van der Waals surface area (Å²) in [6.07, 6.45) is 5.33. The first kappa shape index (κ1) is 29.8. The predicted octanol–water partition coefficient (Wildman–Crippen LogP) is 3.52. The van der Waals surface area contributed by atoms with E-state index in [1.165, 1.54) is 13.0 Å². The van der Waals surface area contributed by atoms with Crippen LogP contribution >= 0.6 is 0 Å². The zero-order valence-electron chi connectivity index (χ0n) is 24.4. The van der Waals surface area contributed by atoms with E-state index in [0.29, 0.717) is 48.0 Å². The molecule has 3 aromatic heterocycles. The van der Waals surface area contributed by atoms with Gasteiger partial charge < -0.3 is 29.7 Å². The first-order chi connectivity index (χ1) is 20.0. The number of carbonyl (C=O) groups is 1. The number of hydrogen-bond acceptors (Lipinski definition) is 11. The van der Waals surface area contributed by atoms with Crippen molar-refractivity contribution in [2.45, 2.75) is 50.0 Å². The highest BCUT2D eigenvalue weighted by molar-refractivity contribution is 7.90. The van der Waals surface area contributed by atoms with Gasteiger partial charge in [-0.25, -0.2) is 18.4 Å². The van der Waals surface area contributed by atoms with Crippen molar-refractivity contribution in [3.05, 3.63) is 48.3 Å². The number of morpholine rings is 1. The molecule has 5 heterocycles. The Morgan fingerprint density at radius 3 is 2.45 bits per heavy atom. The fraction of sp³-hybridized carbons (Fsp3) is 0.448. The summed E-state index contributed by atoms with van der Waals surface area (Å²) in [5.41, 5.74) is 2.62. The van der Waals surface area contributed by atoms with Crippen molar-refractivity contribution in [3.63, 3.8) is 0 Å². The summed E-state index contributed by atoms with van der Waals surface area (Å²) < 4.78 is 42.5. The smallest absolute Gasteiger partial charge is 0.222 e. The lowest BCUT2D eigenvalue weighted by Gasteiger charge is -2.36. The topological polar surface area (TPSA) is 145 Å². The van der Waals surface area contributed by atoms with Gasteiger partial charge in [0.25, 0.3) is 0 Å². The number of pyridine rings is 3. The number of anilines is 4. The number of carbonyl (C=O) groups excluding carboxylic acids is 1. The van der Waals surface area contributed by atoms with Gasteiger partial charge in [-0.05, 0) is 43.7 Å². The average molecular weight is 597 g/mol. The maximum atomic E-state index is 12.6. The first-order valence-electron chi connectivity index (χ1n) is 13.7. The average Bonchev–Trinajstić information content (AvgIpc) is 3.43. The zero-order chi connectivity index (χ0) is 30.1. The molecule has 224 valence electrons. The SMILES string of the molecule is COC1(c2cc(Nc3cc(NC(C)=O)ncc3-c3ccc(N4CC(C)OC(C)C4)cn3)nc(S(C)(=O)=O)c2)CCOC1. The summed E-state index contributed by atoms with van der Waals surface area (Å²) in [6.45, 7) is 7.82. The van der Waals surface area contributed by atoms with Gasteiger partial charge in [-0.1, -0.05) is 0 Å². The number of nitrogens with one attached hydrogen (secondary N) is 2. The number of rotatable bonds is 8. The van der Waals surface area contributed by atoms with E-state index in [-0.39, 0.29) is 29.0 Å². The molecule has 12 nitrogen and oxygen atoms in total. The fourth-order valence-corrected chi connectivity index (χ4v) is 5.95. The number of ether oxygens (including phenoxy) is 3. The molecule has 3 atom stereocenters. The normalized spacial score (nSPS) is 22.6. The van der Waals surface area contributed by atoms with E-state index in [0.717, 1.165) is 25.0 Å². The van der Waals surface area contributed by atoms with E-state index < -0.39 is 15.4 Å². The molecule has 0 spiro atoms. The third-order valence-electron chi connectivity index (χ3n) is 7.36. The number of amides is 1. The Bertz CT molecular complexity index is 1550. The van der Waals surface area contributed by atoms with Gasteiger partial charge in [0.2, 0.25) is 5.91 Å². The number of aromatic nitrogens is 3. The van der Waals surface area contributed by atoms with Crippen LogP contribution in [0.4, 0.5) is 23.0 Å². The minimum atomic E-state index is -3.66. The van der Waals surface area contributed by atoms with Crippen LogP contribution in [0.2, 0.25) is 0 Å². The van der Waals surface area contributed by atoms with Gasteiger partial charge in [0.05, 0.1) is 42.1 Å². The van der Waals surface area contributed by atoms with Gasteiger partial charge in [0.1, 0.15) is 17.2 Å². The van der Waals surface area contributed by atoms with Gasteiger partial charge in [-0.2, -0.15) is 0 Å². The molecule has 5 rings (SSSR count). The van der Waals surface area contributed by atoms with E-state index in [2.05, 4.69) is 39.3 Å². The standard InChI is InChI=1S/C29H36N6O6S/c1-18-15-35(16-19(2)41-18)22-6-7-24(30-13-22)23-14-31-26(32-20(3)36)12-25(23)33-27-10-21(11-28(34-27)42(5,37)38)29(39-4)8-9-40-17-29/h6-7,10-14,18-19H,8-9,15-17H2,1-5H3,(H2,31,32,33,34,36). The second-order valence-electron chi connectivity index (χ2n) is 10.8. The second-order valence-corrected chi connectivity index (χ2v) is 12.8. The highest BCUT2D eigenvalue weighted by Gasteiger charge is 2.38. The summed E-state index contributed by atoms with van der Waals surface area (Å²) in [5.74, 6) is 0.324. The molecule has 2 fully saturated rings. The Morgan fingerprint density at radius 2 is 1.86 bits per heavy atom. The number of sulfone groups is 1. The maximum absolute atomic E-state index is 12.6. The van der Waals surface area contributed by atoms with Gasteiger partial charge in [0, 0.05) is 64.2 Å². The van der Waals surface area contributed by atoms with Gasteiger partial charge in [0.15, 0.2) is 14.9 Å². The molecule has 13 heteroatoms. The highest BCUT2D eigenvalue weighted by Crippen LogP contribution is 2.37. The van der Waals surface area contributed by atoms with Crippen molar-refractivity contribution in [1.82, 2.24) is 15.0 Å². The molecule has 2 aliphatic heterocycles. The van der Waals surface area contributed by atoms with Crippen LogP contribution in [0.3, 0.4) is 0 Å². The molecule has 0 saturated carbocycles. The van der Waals surface area contributed by atoms with Gasteiger partial charge in [-0.15, -0.1) is 0 Å². The molecule has 0 radical (unpaired) electrons. The zero-order valence-corrected chi connectivity index (χ0v) is 25.2. The summed E-state index contributed by atoms with van der Waals surface area (Å²) in [7, 11) is -2.08. The molecule has 3 aromatic rings. The Hall–Kier alpha value is -3.65. The van der Waals surface area contributed by atoms with E-state index >= 15 is 0 Å². The Kier molecular flexibility index (Phi) is 8.46. The second kappa shape index (κ2) is 11.9. The lowest BCUT2D eigenvalue weighted by molar-refractivity contribution is -0.114. The van der Waals surface area contributed by atoms with Crippen LogP contribution in [0.15, 0.2) is 47.8 Å². The van der Waals surface area contributed by atoms with Crippen LogP contribution in [0.25, 0.3) is 11.3 Å². The minimum absolute atomic E-state index is 0.0973. The molecule has 0 aromatic carbocycles. The number of hydrogen-bond donors (Lipinski definition) is 2. The van der Waals surface area contributed by atoms with Crippen LogP contribution in [-0.4, -0.2) is 81.2 Å². The third-order valence-corrected chi connectivity index (χ3v) is 8.33. The van der Waals surface area contributed by atoms with E-state index in [1.54, 1.807) is 25.4 Å². The third kappa shape index (κ3) is 6.54. The van der Waals surface area contributed by atoms with Crippen LogP contribution in [0, 0.1) is 0 Å². The summed E-state index contributed by atoms with van der Waals surface area (Å²) in [5, 5.41) is 5.86. The van der Waals surface area contributed by atoms with Crippen LogP contribution in [0.5, 0.6) is 0 Å². The number of methoxy groups -OCH3 is 1. The van der Waals surface area contributed by atoms with Crippen molar-refractivity contribution in [1.29, 1.82) is 0 Å². The Balaban J connectivity index is 1.54. The molecule has 2 saturated heterocycles. The van der Waals surface area contributed by atoms with Crippen molar-refractivity contribution in [2.75, 3.05) is 55.2 Å². The molecule has 2 N–H and O–H groups in total. The van der Waals surface area contributed by atoms with Crippen LogP contribution in [-0.2, 0) is 34.4 Å². The first-order valence-corrected chi connectivity index (χ1v) is 15.6. The largest absolute Gasteiger partial charge is 0.378 e. The quantitative estimate of drug-likeness (QED) is 0.394. The van der Waals surface area contributed by atoms with Gasteiger partial charge >= 0.3 is 0 Å². The Morgan fingerprint density at radius 1 is 1.10 bits per heavy atom. The van der Waals surface area contributed by atoms with Crippen molar-refractivity contribution < 1.29 is 27.4 Å². The van der Waals surface area contributed by atoms with Crippen LogP contribution < -0.4 is 15.5 Å². The van der Waals surface area contributed by atoms with E-state index in [9.17, 15) is 13.2 Å². The number of nitrogens with zero attached hydrogens (tertiary/aromatic N) is 4. The lowest BCUT2D eigenvalue weighted by Crippen LogP contribution is -2.45. The fourth-order valence-electron chi connectivity index (χ4n) is 5.35. The lowest BCUT2D eigenvalue weighted by atomic mass is 9.93. The molecule has 0 aliphatic carbocycles. The van der Waals surface area contributed by atoms with Crippen molar-refractivity contribution in [3.8, 4) is 11.3 Å². The van der Waals surface area contributed by atoms with Gasteiger partial charge in [-0.3, -0.25) is 9.78 Å². The molecule has 42 heavy (non-hydrogen) atoms. The molecular weight excluding hydrogens is 560 g/mol. The van der Waals surface area contributed by atoms with Crippen molar-refractivity contribution >= 4 is 38.8 Å². The van der Waals surface area contributed by atoms with E-state index in [4.69, 9.17) is 19.2 Å². The maximum Gasteiger partial charge on any atom is 0.222 e. The summed E-state index contributed by atoms with van der Waals surface area (Å²) >= 11 is 0. The van der Waals surface area contributed by atoms with Crippen LogP contribution in [0.1, 0.15) is 32.8 Å². The monoisotopic (exact) mass is 596 g/mol. The Labute approximate surface area is 245 Å². The summed E-state index contributed by atoms with van der Waals surface area (Å²) in [6, 6.07) is 8.86. The molecular formula is C29H36N6O6S. The highest BCUT2D eigenvalue weighted by atomic mass is 32.2. The minimum Gasteiger partial charge on any atom is -0.378 e. The molecule has 0 bridgehead atoms. The van der Waals surface area contributed by atoms with Crippen molar-refractivity contribution in [2.24, 2.45) is 0 Å².